The Morgan fingerprint density at radius 2 is 2.15 bits per heavy atom. The lowest BCUT2D eigenvalue weighted by Crippen LogP contribution is -2.32. The van der Waals surface area contributed by atoms with Crippen molar-refractivity contribution in [2.75, 3.05) is 11.9 Å². The molecule has 3 rings (SSSR count). The minimum Gasteiger partial charge on any atom is -0.370 e. The third-order valence-electron chi connectivity index (χ3n) is 4.20. The van der Waals surface area contributed by atoms with Gasteiger partial charge in [0.25, 0.3) is 0 Å². The van der Waals surface area contributed by atoms with Gasteiger partial charge in [-0.2, -0.15) is 5.10 Å². The molecule has 2 atom stereocenters. The third-order valence-corrected chi connectivity index (χ3v) is 4.20. The highest BCUT2D eigenvalue weighted by Crippen LogP contribution is 2.36. The molecule has 2 unspecified atom stereocenters. The highest BCUT2D eigenvalue weighted by Gasteiger charge is 2.32. The van der Waals surface area contributed by atoms with E-state index < -0.39 is 0 Å². The van der Waals surface area contributed by atoms with E-state index in [0.717, 1.165) is 30.0 Å². The minimum atomic E-state index is -0.150. The fourth-order valence-corrected chi connectivity index (χ4v) is 3.08. The lowest BCUT2D eigenvalue weighted by atomic mass is 9.92. The second-order valence-corrected chi connectivity index (χ2v) is 5.54. The number of anilines is 1. The zero-order valence-corrected chi connectivity index (χ0v) is 12.2. The first-order chi connectivity index (χ1) is 9.63. The van der Waals surface area contributed by atoms with Crippen LogP contribution in [0.1, 0.15) is 36.7 Å². The van der Waals surface area contributed by atoms with E-state index in [1.54, 1.807) is 6.07 Å². The quantitative estimate of drug-likeness (QED) is 0.907. The van der Waals surface area contributed by atoms with Crippen molar-refractivity contribution in [3.05, 3.63) is 46.9 Å². The van der Waals surface area contributed by atoms with Crippen LogP contribution in [0, 0.1) is 18.7 Å². The number of hydrogen-bond acceptors (Lipinski definition) is 2. The first-order valence-corrected chi connectivity index (χ1v) is 7.19. The Labute approximate surface area is 118 Å². The fraction of sp³-hybridized carbons (Fsp3) is 0.438. The molecule has 0 saturated carbocycles. The van der Waals surface area contributed by atoms with Crippen LogP contribution >= 0.6 is 0 Å². The van der Waals surface area contributed by atoms with Gasteiger partial charge in [-0.1, -0.05) is 32.0 Å². The Morgan fingerprint density at radius 3 is 2.85 bits per heavy atom. The summed E-state index contributed by atoms with van der Waals surface area (Å²) >= 11 is 0. The van der Waals surface area contributed by atoms with Crippen molar-refractivity contribution in [1.82, 2.24) is 9.78 Å². The van der Waals surface area contributed by atoms with Gasteiger partial charge in [0.1, 0.15) is 11.6 Å². The first kappa shape index (κ1) is 13.2. The van der Waals surface area contributed by atoms with Crippen LogP contribution in [0.25, 0.3) is 0 Å². The molecule has 0 aliphatic carbocycles. The van der Waals surface area contributed by atoms with Crippen molar-refractivity contribution in [3.8, 4) is 0 Å². The molecular weight excluding hydrogens is 253 g/mol. The molecule has 1 aromatic carbocycles. The monoisotopic (exact) mass is 273 g/mol. The molecule has 1 aliphatic rings. The lowest BCUT2D eigenvalue weighted by molar-refractivity contribution is 0.359. The Hall–Kier alpha value is -1.84. The lowest BCUT2D eigenvalue weighted by Gasteiger charge is -2.32. The molecule has 3 nitrogen and oxygen atoms in total. The van der Waals surface area contributed by atoms with Gasteiger partial charge in [-0.3, -0.25) is 0 Å². The van der Waals surface area contributed by atoms with Gasteiger partial charge in [0.05, 0.1) is 11.7 Å². The van der Waals surface area contributed by atoms with Crippen molar-refractivity contribution in [2.45, 2.75) is 33.2 Å². The normalized spacial score (nSPS) is 21.4. The number of nitrogens with one attached hydrogen (secondary N) is 1. The molecule has 20 heavy (non-hydrogen) atoms. The van der Waals surface area contributed by atoms with Crippen LogP contribution in [-0.2, 0) is 6.42 Å². The summed E-state index contributed by atoms with van der Waals surface area (Å²) in [6.07, 6.45) is 0.895. The average Bonchev–Trinajstić information content (AvgIpc) is 2.77. The molecule has 0 amide bonds. The van der Waals surface area contributed by atoms with E-state index in [0.29, 0.717) is 5.92 Å². The van der Waals surface area contributed by atoms with Gasteiger partial charge in [0.2, 0.25) is 0 Å². The molecule has 0 radical (unpaired) electrons. The van der Waals surface area contributed by atoms with Gasteiger partial charge in [-0.25, -0.2) is 9.07 Å². The van der Waals surface area contributed by atoms with Crippen LogP contribution < -0.4 is 5.32 Å². The van der Waals surface area contributed by atoms with Crippen LogP contribution in [-0.4, -0.2) is 16.3 Å². The van der Waals surface area contributed by atoms with Crippen molar-refractivity contribution in [1.29, 1.82) is 0 Å². The maximum absolute atomic E-state index is 14.2. The van der Waals surface area contributed by atoms with Gasteiger partial charge in [0, 0.05) is 23.6 Å². The summed E-state index contributed by atoms with van der Waals surface area (Å²) in [5, 5.41) is 8.14. The molecule has 106 valence electrons. The van der Waals surface area contributed by atoms with Crippen LogP contribution in [0.5, 0.6) is 0 Å². The molecular formula is C16H20FN3. The molecule has 1 N–H and O–H groups in total. The third kappa shape index (κ3) is 1.90. The SMILES string of the molecule is CCc1nn2c(c1C)NCC(C)C2c1ccccc1F. The van der Waals surface area contributed by atoms with E-state index in [9.17, 15) is 4.39 Å². The summed E-state index contributed by atoms with van der Waals surface area (Å²) < 4.78 is 16.1. The topological polar surface area (TPSA) is 29.9 Å². The van der Waals surface area contributed by atoms with Gasteiger partial charge >= 0.3 is 0 Å². The zero-order valence-electron chi connectivity index (χ0n) is 12.2. The Balaban J connectivity index is 2.15. The molecule has 0 bridgehead atoms. The minimum absolute atomic E-state index is 0.0357. The van der Waals surface area contributed by atoms with E-state index in [1.807, 2.05) is 16.8 Å². The standard InChI is InChI=1S/C16H20FN3/c1-4-14-11(3)16-18-9-10(2)15(20(16)19-14)12-7-5-6-8-13(12)17/h5-8,10,15,18H,4,9H2,1-3H3. The van der Waals surface area contributed by atoms with Crippen molar-refractivity contribution in [3.63, 3.8) is 0 Å². The summed E-state index contributed by atoms with van der Waals surface area (Å²) in [5.41, 5.74) is 3.00. The number of halogens is 1. The zero-order chi connectivity index (χ0) is 14.3. The molecule has 0 spiro atoms. The second-order valence-electron chi connectivity index (χ2n) is 5.54. The smallest absolute Gasteiger partial charge is 0.128 e. The summed E-state index contributed by atoms with van der Waals surface area (Å²) in [4.78, 5) is 0. The average molecular weight is 273 g/mol. The number of aryl methyl sites for hydroxylation is 1. The Kier molecular flexibility index (Phi) is 3.24. The molecule has 0 fully saturated rings. The number of nitrogens with zero attached hydrogens (tertiary/aromatic N) is 2. The number of fused-ring (bicyclic) bond motifs is 1. The van der Waals surface area contributed by atoms with E-state index >= 15 is 0 Å². The van der Waals surface area contributed by atoms with E-state index in [2.05, 4.69) is 26.1 Å². The van der Waals surface area contributed by atoms with Crippen LogP contribution in [0.4, 0.5) is 10.2 Å². The molecule has 2 heterocycles. The Morgan fingerprint density at radius 1 is 1.40 bits per heavy atom. The summed E-state index contributed by atoms with van der Waals surface area (Å²) in [6.45, 7) is 7.16. The van der Waals surface area contributed by atoms with Crippen molar-refractivity contribution >= 4 is 5.82 Å². The second kappa shape index (κ2) is 4.93. The van der Waals surface area contributed by atoms with Crippen LogP contribution in [0.15, 0.2) is 24.3 Å². The van der Waals surface area contributed by atoms with Crippen LogP contribution in [0.3, 0.4) is 0 Å². The number of rotatable bonds is 2. The maximum atomic E-state index is 14.2. The fourth-order valence-electron chi connectivity index (χ4n) is 3.08. The number of benzene rings is 1. The summed E-state index contributed by atoms with van der Waals surface area (Å²) in [6, 6.07) is 6.99. The largest absolute Gasteiger partial charge is 0.370 e. The Bertz CT molecular complexity index is 633. The number of hydrogen-bond donors (Lipinski definition) is 1. The maximum Gasteiger partial charge on any atom is 0.128 e. The van der Waals surface area contributed by atoms with E-state index in [1.165, 1.54) is 11.6 Å². The first-order valence-electron chi connectivity index (χ1n) is 7.19. The molecule has 1 aromatic heterocycles. The van der Waals surface area contributed by atoms with E-state index in [-0.39, 0.29) is 11.9 Å². The summed E-state index contributed by atoms with van der Waals surface area (Å²) in [7, 11) is 0. The van der Waals surface area contributed by atoms with E-state index in [4.69, 9.17) is 5.10 Å². The van der Waals surface area contributed by atoms with Gasteiger partial charge in [0.15, 0.2) is 0 Å². The van der Waals surface area contributed by atoms with Crippen molar-refractivity contribution < 1.29 is 4.39 Å². The number of aromatic nitrogens is 2. The summed E-state index contributed by atoms with van der Waals surface area (Å²) in [5.74, 6) is 1.18. The highest BCUT2D eigenvalue weighted by molar-refractivity contribution is 5.50. The predicted molar refractivity (Wildman–Crippen MR) is 78.5 cm³/mol. The van der Waals surface area contributed by atoms with Gasteiger partial charge < -0.3 is 5.32 Å². The molecule has 1 aliphatic heterocycles. The molecule has 2 aromatic rings. The molecule has 4 heteroatoms. The van der Waals surface area contributed by atoms with Gasteiger partial charge in [-0.05, 0) is 19.4 Å². The molecule has 0 saturated heterocycles. The van der Waals surface area contributed by atoms with Crippen molar-refractivity contribution in [2.24, 2.45) is 5.92 Å². The van der Waals surface area contributed by atoms with Crippen LogP contribution in [0.2, 0.25) is 0 Å². The highest BCUT2D eigenvalue weighted by atomic mass is 19.1. The predicted octanol–water partition coefficient (Wildman–Crippen LogP) is 3.54. The van der Waals surface area contributed by atoms with Gasteiger partial charge in [-0.15, -0.1) is 0 Å².